The molecule has 94 valence electrons. The second kappa shape index (κ2) is 5.15. The topological polar surface area (TPSA) is 62.1 Å². The van der Waals surface area contributed by atoms with Crippen LogP contribution in [0.15, 0.2) is 18.2 Å². The highest BCUT2D eigenvalue weighted by molar-refractivity contribution is 5.94. The van der Waals surface area contributed by atoms with Gasteiger partial charge in [-0.3, -0.25) is 4.79 Å². The van der Waals surface area contributed by atoms with Crippen LogP contribution in [0.4, 0.5) is 10.1 Å². The van der Waals surface area contributed by atoms with Crippen LogP contribution in [0.2, 0.25) is 0 Å². The molecule has 2 atom stereocenters. The molecule has 0 radical (unpaired) electrons. The number of nitriles is 1. The van der Waals surface area contributed by atoms with Crippen molar-refractivity contribution in [3.05, 3.63) is 29.6 Å². The van der Waals surface area contributed by atoms with E-state index in [-0.39, 0.29) is 29.2 Å². The molecule has 4 nitrogen and oxygen atoms in total. The first-order valence-corrected chi connectivity index (χ1v) is 5.73. The number of benzene rings is 1. The van der Waals surface area contributed by atoms with Crippen molar-refractivity contribution < 1.29 is 13.9 Å². The van der Waals surface area contributed by atoms with Crippen molar-refractivity contribution >= 4 is 11.6 Å². The van der Waals surface area contributed by atoms with E-state index in [1.54, 1.807) is 6.07 Å². The molecule has 0 aliphatic carbocycles. The Morgan fingerprint density at radius 2 is 2.39 bits per heavy atom. The van der Waals surface area contributed by atoms with Gasteiger partial charge in [0, 0.05) is 0 Å². The number of carbonyl (C=O) groups excluding carboxylic acids is 1. The molecule has 1 aromatic carbocycles. The highest BCUT2D eigenvalue weighted by Gasteiger charge is 2.28. The Bertz CT molecular complexity index is 510. The van der Waals surface area contributed by atoms with Crippen LogP contribution in [0.25, 0.3) is 0 Å². The summed E-state index contributed by atoms with van der Waals surface area (Å²) in [7, 11) is 0. The molecule has 1 saturated heterocycles. The maximum Gasteiger partial charge on any atom is 0.229 e. The number of anilines is 1. The lowest BCUT2D eigenvalue weighted by molar-refractivity contribution is -0.119. The number of rotatable bonds is 2. The van der Waals surface area contributed by atoms with Gasteiger partial charge in [0.15, 0.2) is 0 Å². The second-order valence-electron chi connectivity index (χ2n) is 4.34. The van der Waals surface area contributed by atoms with Gasteiger partial charge in [-0.2, -0.15) is 5.26 Å². The van der Waals surface area contributed by atoms with Crippen LogP contribution < -0.4 is 5.32 Å². The van der Waals surface area contributed by atoms with Gasteiger partial charge in [0.05, 0.1) is 24.3 Å². The van der Waals surface area contributed by atoms with Crippen molar-refractivity contribution in [1.82, 2.24) is 0 Å². The van der Waals surface area contributed by atoms with Gasteiger partial charge >= 0.3 is 0 Å². The molecule has 1 aliphatic heterocycles. The van der Waals surface area contributed by atoms with Gasteiger partial charge in [0.2, 0.25) is 5.91 Å². The summed E-state index contributed by atoms with van der Waals surface area (Å²) < 4.78 is 18.6. The predicted molar refractivity (Wildman–Crippen MR) is 63.3 cm³/mol. The third-order valence-electron chi connectivity index (χ3n) is 2.95. The second-order valence-corrected chi connectivity index (χ2v) is 4.34. The molecular formula is C13H13FN2O2. The number of hydrogen-bond donors (Lipinski definition) is 1. The van der Waals surface area contributed by atoms with E-state index in [0.717, 1.165) is 0 Å². The quantitative estimate of drug-likeness (QED) is 0.871. The third-order valence-corrected chi connectivity index (χ3v) is 2.95. The Morgan fingerprint density at radius 1 is 1.61 bits per heavy atom. The zero-order valence-electron chi connectivity index (χ0n) is 9.94. The van der Waals surface area contributed by atoms with E-state index in [1.807, 2.05) is 6.92 Å². The zero-order valence-corrected chi connectivity index (χ0v) is 9.94. The number of nitrogens with one attached hydrogen (secondary N) is 1. The summed E-state index contributed by atoms with van der Waals surface area (Å²) in [6.45, 7) is 2.26. The summed E-state index contributed by atoms with van der Waals surface area (Å²) in [5.41, 5.74) is 0.0693. The predicted octanol–water partition coefficient (Wildman–Crippen LogP) is 2.06. The van der Waals surface area contributed by atoms with Crippen LogP contribution >= 0.6 is 0 Å². The standard InChI is InChI=1S/C13H13FN2O2/c1-8-5-9(7-18-8)13(17)16-12-4-2-3-11(14)10(12)6-15/h2-4,8-9H,5,7H2,1H3,(H,16,17). The van der Waals surface area contributed by atoms with Crippen molar-refractivity contribution in [3.8, 4) is 6.07 Å². The summed E-state index contributed by atoms with van der Waals surface area (Å²) in [5.74, 6) is -1.11. The summed E-state index contributed by atoms with van der Waals surface area (Å²) in [6, 6.07) is 5.91. The number of ether oxygens (including phenoxy) is 1. The summed E-state index contributed by atoms with van der Waals surface area (Å²) in [5, 5.41) is 11.4. The monoisotopic (exact) mass is 248 g/mol. The first kappa shape index (κ1) is 12.5. The minimum atomic E-state index is -0.633. The normalized spacial score (nSPS) is 22.5. The fourth-order valence-electron chi connectivity index (χ4n) is 1.98. The largest absolute Gasteiger partial charge is 0.378 e. The molecule has 0 spiro atoms. The fourth-order valence-corrected chi connectivity index (χ4v) is 1.98. The van der Waals surface area contributed by atoms with Crippen molar-refractivity contribution in [2.75, 3.05) is 11.9 Å². The Labute approximate surface area is 104 Å². The molecule has 18 heavy (non-hydrogen) atoms. The lowest BCUT2D eigenvalue weighted by Crippen LogP contribution is -2.23. The van der Waals surface area contributed by atoms with E-state index in [2.05, 4.69) is 5.32 Å². The van der Waals surface area contributed by atoms with Crippen LogP contribution in [0.3, 0.4) is 0 Å². The van der Waals surface area contributed by atoms with Gasteiger partial charge in [0.1, 0.15) is 17.4 Å². The Morgan fingerprint density at radius 3 is 3.00 bits per heavy atom. The molecule has 2 unspecified atom stereocenters. The molecule has 1 amide bonds. The average Bonchev–Trinajstić information content (AvgIpc) is 2.76. The van der Waals surface area contributed by atoms with E-state index >= 15 is 0 Å². The maximum atomic E-state index is 13.3. The van der Waals surface area contributed by atoms with Crippen molar-refractivity contribution in [2.24, 2.45) is 5.92 Å². The van der Waals surface area contributed by atoms with Gasteiger partial charge in [-0.1, -0.05) is 6.07 Å². The van der Waals surface area contributed by atoms with Crippen LogP contribution in [0.5, 0.6) is 0 Å². The SMILES string of the molecule is CC1CC(C(=O)Nc2cccc(F)c2C#N)CO1. The van der Waals surface area contributed by atoms with Crippen LogP contribution in [-0.4, -0.2) is 18.6 Å². The Balaban J connectivity index is 2.13. The highest BCUT2D eigenvalue weighted by Crippen LogP contribution is 2.23. The molecule has 0 saturated carbocycles. The Kier molecular flexibility index (Phi) is 3.58. The molecule has 1 aliphatic rings. The van der Waals surface area contributed by atoms with Crippen molar-refractivity contribution in [3.63, 3.8) is 0 Å². The molecule has 5 heteroatoms. The molecule has 1 heterocycles. The number of halogens is 1. The number of amides is 1. The van der Waals surface area contributed by atoms with Crippen molar-refractivity contribution in [1.29, 1.82) is 5.26 Å². The first-order chi connectivity index (χ1) is 8.61. The summed E-state index contributed by atoms with van der Waals surface area (Å²) in [6.07, 6.45) is 0.701. The van der Waals surface area contributed by atoms with E-state index in [1.165, 1.54) is 18.2 Å². The number of nitrogens with zero attached hydrogens (tertiary/aromatic N) is 1. The lowest BCUT2D eigenvalue weighted by atomic mass is 10.0. The van der Waals surface area contributed by atoms with Gasteiger partial charge < -0.3 is 10.1 Å². The average molecular weight is 248 g/mol. The maximum absolute atomic E-state index is 13.3. The number of carbonyl (C=O) groups is 1. The van der Waals surface area contributed by atoms with Gasteiger partial charge in [-0.05, 0) is 25.5 Å². The van der Waals surface area contributed by atoms with Crippen LogP contribution in [0, 0.1) is 23.1 Å². The fraction of sp³-hybridized carbons (Fsp3) is 0.385. The Hall–Kier alpha value is -1.93. The van der Waals surface area contributed by atoms with Crippen LogP contribution in [-0.2, 0) is 9.53 Å². The lowest BCUT2D eigenvalue weighted by Gasteiger charge is -2.10. The van der Waals surface area contributed by atoms with Crippen LogP contribution in [0.1, 0.15) is 18.9 Å². The summed E-state index contributed by atoms with van der Waals surface area (Å²) >= 11 is 0. The zero-order chi connectivity index (χ0) is 13.1. The molecular weight excluding hydrogens is 235 g/mol. The minimum Gasteiger partial charge on any atom is -0.378 e. The highest BCUT2D eigenvalue weighted by atomic mass is 19.1. The molecule has 1 fully saturated rings. The third kappa shape index (κ3) is 2.49. The smallest absolute Gasteiger partial charge is 0.229 e. The van der Waals surface area contributed by atoms with Gasteiger partial charge in [-0.15, -0.1) is 0 Å². The molecule has 2 rings (SSSR count). The minimum absolute atomic E-state index is 0.0590. The van der Waals surface area contributed by atoms with E-state index in [9.17, 15) is 9.18 Å². The van der Waals surface area contributed by atoms with E-state index in [0.29, 0.717) is 13.0 Å². The molecule has 1 N–H and O–H groups in total. The van der Waals surface area contributed by atoms with Gasteiger partial charge in [0.25, 0.3) is 0 Å². The van der Waals surface area contributed by atoms with Gasteiger partial charge in [-0.25, -0.2) is 4.39 Å². The van der Waals surface area contributed by atoms with Crippen molar-refractivity contribution in [2.45, 2.75) is 19.4 Å². The van der Waals surface area contributed by atoms with E-state index in [4.69, 9.17) is 10.00 Å². The molecule has 0 bridgehead atoms. The van der Waals surface area contributed by atoms with E-state index < -0.39 is 5.82 Å². The summed E-state index contributed by atoms with van der Waals surface area (Å²) in [4.78, 5) is 11.9. The molecule has 1 aromatic rings. The first-order valence-electron chi connectivity index (χ1n) is 5.73. The number of hydrogen-bond acceptors (Lipinski definition) is 3. The molecule has 0 aromatic heterocycles.